The largest absolute Gasteiger partial charge is 0.504 e. The molecule has 0 radical (unpaired) electrons. The van der Waals surface area contributed by atoms with Gasteiger partial charge in [0.2, 0.25) is 11.8 Å². The third kappa shape index (κ3) is 5.88. The molecule has 1 N–H and O–H groups in total. The van der Waals surface area contributed by atoms with E-state index in [4.69, 9.17) is 9.47 Å². The molecule has 1 aliphatic rings. The molecular formula is C24H26N2O5. The highest BCUT2D eigenvalue weighted by Gasteiger charge is 2.21. The monoisotopic (exact) mass is 422 g/mol. The molecule has 1 saturated heterocycles. The van der Waals surface area contributed by atoms with Crippen LogP contribution in [0.1, 0.15) is 11.1 Å². The lowest BCUT2D eigenvalue weighted by Gasteiger charge is -2.33. The van der Waals surface area contributed by atoms with E-state index in [1.807, 2.05) is 24.3 Å². The van der Waals surface area contributed by atoms with Gasteiger partial charge in [0.25, 0.3) is 0 Å². The zero-order valence-electron chi connectivity index (χ0n) is 17.7. The van der Waals surface area contributed by atoms with Crippen LogP contribution >= 0.6 is 0 Å². The van der Waals surface area contributed by atoms with Crippen LogP contribution in [0.2, 0.25) is 0 Å². The Hall–Kier alpha value is -3.74. The Kier molecular flexibility index (Phi) is 7.32. The van der Waals surface area contributed by atoms with Crippen molar-refractivity contribution in [1.82, 2.24) is 9.80 Å². The molecule has 7 nitrogen and oxygen atoms in total. The van der Waals surface area contributed by atoms with Crippen LogP contribution in [0.4, 0.5) is 0 Å². The molecule has 2 aromatic rings. The van der Waals surface area contributed by atoms with Crippen LogP contribution in [0.15, 0.2) is 54.6 Å². The summed E-state index contributed by atoms with van der Waals surface area (Å²) in [5.74, 6) is 0.934. The van der Waals surface area contributed by atoms with Gasteiger partial charge < -0.3 is 24.4 Å². The van der Waals surface area contributed by atoms with E-state index in [0.717, 1.165) is 16.9 Å². The molecule has 0 unspecified atom stereocenters. The van der Waals surface area contributed by atoms with Crippen LogP contribution in [0.3, 0.4) is 0 Å². The van der Waals surface area contributed by atoms with Gasteiger partial charge in [-0.1, -0.05) is 18.2 Å². The summed E-state index contributed by atoms with van der Waals surface area (Å²) in [4.78, 5) is 28.4. The number of benzene rings is 2. The van der Waals surface area contributed by atoms with Gasteiger partial charge in [-0.25, -0.2) is 0 Å². The maximum absolute atomic E-state index is 12.5. The molecule has 162 valence electrons. The summed E-state index contributed by atoms with van der Waals surface area (Å²) in [6, 6.07) is 12.4. The van der Waals surface area contributed by atoms with Crippen molar-refractivity contribution in [3.8, 4) is 17.2 Å². The lowest BCUT2D eigenvalue weighted by molar-refractivity contribution is -0.133. The zero-order chi connectivity index (χ0) is 22.2. The normalized spacial score (nSPS) is 14.3. The second-order valence-electron chi connectivity index (χ2n) is 7.03. The molecule has 7 heteroatoms. The van der Waals surface area contributed by atoms with E-state index < -0.39 is 0 Å². The molecule has 0 aromatic heterocycles. The molecule has 0 aliphatic carbocycles. The fourth-order valence-corrected chi connectivity index (χ4v) is 3.24. The van der Waals surface area contributed by atoms with Gasteiger partial charge in [-0.2, -0.15) is 0 Å². The summed E-state index contributed by atoms with van der Waals surface area (Å²) in [5, 5.41) is 9.65. The van der Waals surface area contributed by atoms with Crippen molar-refractivity contribution in [2.24, 2.45) is 0 Å². The van der Waals surface area contributed by atoms with E-state index in [-0.39, 0.29) is 17.6 Å². The van der Waals surface area contributed by atoms with Gasteiger partial charge in [0.15, 0.2) is 11.5 Å². The number of piperazine rings is 1. The first-order valence-electron chi connectivity index (χ1n) is 9.95. The predicted molar refractivity (Wildman–Crippen MR) is 119 cm³/mol. The van der Waals surface area contributed by atoms with Gasteiger partial charge in [-0.05, 0) is 47.5 Å². The lowest BCUT2D eigenvalue weighted by atomic mass is 10.2. The smallest absolute Gasteiger partial charge is 0.246 e. The third-order valence-electron chi connectivity index (χ3n) is 5.04. The number of phenols is 1. The molecule has 2 aromatic carbocycles. The fraction of sp³-hybridized carbons (Fsp3) is 0.250. The minimum absolute atomic E-state index is 0.0483. The van der Waals surface area contributed by atoms with Crippen LogP contribution in [-0.4, -0.2) is 67.1 Å². The number of aromatic hydroxyl groups is 1. The lowest BCUT2D eigenvalue weighted by Crippen LogP contribution is -2.49. The van der Waals surface area contributed by atoms with E-state index in [1.54, 1.807) is 47.3 Å². The molecule has 1 heterocycles. The first kappa shape index (κ1) is 22.0. The summed E-state index contributed by atoms with van der Waals surface area (Å²) in [6.45, 7) is 1.91. The number of carbonyl (C=O) groups is 2. The highest BCUT2D eigenvalue weighted by Crippen LogP contribution is 2.26. The van der Waals surface area contributed by atoms with Gasteiger partial charge >= 0.3 is 0 Å². The highest BCUT2D eigenvalue weighted by molar-refractivity contribution is 5.93. The van der Waals surface area contributed by atoms with Crippen LogP contribution in [-0.2, 0) is 9.59 Å². The van der Waals surface area contributed by atoms with Crippen molar-refractivity contribution in [1.29, 1.82) is 0 Å². The maximum Gasteiger partial charge on any atom is 0.246 e. The average molecular weight is 422 g/mol. The molecule has 3 rings (SSSR count). The third-order valence-corrected chi connectivity index (χ3v) is 5.04. The minimum atomic E-state index is -0.119. The molecule has 1 aliphatic heterocycles. The van der Waals surface area contributed by atoms with Crippen LogP contribution in [0.25, 0.3) is 12.2 Å². The highest BCUT2D eigenvalue weighted by atomic mass is 16.5. The number of amides is 2. The second kappa shape index (κ2) is 10.3. The van der Waals surface area contributed by atoms with Crippen molar-refractivity contribution in [2.45, 2.75) is 0 Å². The van der Waals surface area contributed by atoms with Crippen LogP contribution in [0.5, 0.6) is 17.2 Å². The Morgan fingerprint density at radius 2 is 1.42 bits per heavy atom. The Morgan fingerprint density at radius 1 is 0.839 bits per heavy atom. The summed E-state index contributed by atoms with van der Waals surface area (Å²) in [7, 11) is 3.08. The van der Waals surface area contributed by atoms with Crippen molar-refractivity contribution in [2.75, 3.05) is 40.4 Å². The van der Waals surface area contributed by atoms with E-state index in [0.29, 0.717) is 31.9 Å². The number of ether oxygens (including phenoxy) is 2. The maximum atomic E-state index is 12.5. The van der Waals surface area contributed by atoms with E-state index >= 15 is 0 Å². The Labute approximate surface area is 181 Å². The molecule has 0 saturated carbocycles. The number of nitrogens with zero attached hydrogens (tertiary/aromatic N) is 2. The van der Waals surface area contributed by atoms with Crippen molar-refractivity contribution < 1.29 is 24.2 Å². The van der Waals surface area contributed by atoms with Crippen LogP contribution in [0, 0.1) is 0 Å². The van der Waals surface area contributed by atoms with Gasteiger partial charge in [-0.3, -0.25) is 9.59 Å². The molecule has 0 spiro atoms. The van der Waals surface area contributed by atoms with E-state index in [9.17, 15) is 14.7 Å². The number of methoxy groups -OCH3 is 2. The van der Waals surface area contributed by atoms with Crippen molar-refractivity contribution in [3.05, 3.63) is 65.7 Å². The first-order valence-corrected chi connectivity index (χ1v) is 9.95. The van der Waals surface area contributed by atoms with E-state index in [2.05, 4.69) is 0 Å². The topological polar surface area (TPSA) is 79.3 Å². The van der Waals surface area contributed by atoms with Crippen LogP contribution < -0.4 is 9.47 Å². The van der Waals surface area contributed by atoms with E-state index in [1.165, 1.54) is 19.3 Å². The number of phenolic OH excluding ortho intramolecular Hbond substituents is 1. The molecule has 1 fully saturated rings. The number of hydrogen-bond acceptors (Lipinski definition) is 5. The Morgan fingerprint density at radius 3 is 1.97 bits per heavy atom. The first-order chi connectivity index (χ1) is 15.0. The number of carbonyl (C=O) groups excluding carboxylic acids is 2. The summed E-state index contributed by atoms with van der Waals surface area (Å²) >= 11 is 0. The molecule has 31 heavy (non-hydrogen) atoms. The molecule has 2 amide bonds. The summed E-state index contributed by atoms with van der Waals surface area (Å²) < 4.78 is 10.3. The standard InChI is InChI=1S/C24H26N2O5/c1-30-20-5-3-4-18(16-20)7-10-23(28)25-12-14-26(15-13-25)24(29)11-8-19-6-9-21(27)22(17-19)31-2/h3-11,16-17,27H,12-15H2,1-2H3/b10-7+,11-8+. The molecular weight excluding hydrogens is 396 g/mol. The number of hydrogen-bond donors (Lipinski definition) is 1. The zero-order valence-corrected chi connectivity index (χ0v) is 17.7. The second-order valence-corrected chi connectivity index (χ2v) is 7.03. The Balaban J connectivity index is 1.52. The number of rotatable bonds is 6. The average Bonchev–Trinajstić information content (AvgIpc) is 2.82. The van der Waals surface area contributed by atoms with Gasteiger partial charge in [0.05, 0.1) is 14.2 Å². The van der Waals surface area contributed by atoms with Gasteiger partial charge in [-0.15, -0.1) is 0 Å². The molecule has 0 atom stereocenters. The minimum Gasteiger partial charge on any atom is -0.504 e. The summed E-state index contributed by atoms with van der Waals surface area (Å²) in [6.07, 6.45) is 6.48. The quantitative estimate of drug-likeness (QED) is 0.725. The van der Waals surface area contributed by atoms with Gasteiger partial charge in [0, 0.05) is 38.3 Å². The van der Waals surface area contributed by atoms with Crippen molar-refractivity contribution >= 4 is 24.0 Å². The SMILES string of the molecule is COc1cccc(/C=C/C(=O)N2CCN(C(=O)/C=C/c3ccc(O)c(OC)c3)CC2)c1. The van der Waals surface area contributed by atoms with Gasteiger partial charge in [0.1, 0.15) is 5.75 Å². The fourth-order valence-electron chi connectivity index (χ4n) is 3.24. The van der Waals surface area contributed by atoms with Crippen molar-refractivity contribution in [3.63, 3.8) is 0 Å². The summed E-state index contributed by atoms with van der Waals surface area (Å²) in [5.41, 5.74) is 1.64. The molecule has 0 bridgehead atoms. The predicted octanol–water partition coefficient (Wildman–Crippen LogP) is 2.81. The Bertz CT molecular complexity index is 991.